The Balaban J connectivity index is 1.82. The summed E-state index contributed by atoms with van der Waals surface area (Å²) >= 11 is 0. The van der Waals surface area contributed by atoms with Crippen LogP contribution in [-0.2, 0) is 10.9 Å². The van der Waals surface area contributed by atoms with E-state index in [1.54, 1.807) is 43.9 Å². The normalized spacial score (nSPS) is 21.6. The lowest BCUT2D eigenvalue weighted by molar-refractivity contribution is -0.137. The molecule has 2 aliphatic heterocycles. The molecule has 1 amide bonds. The van der Waals surface area contributed by atoms with Crippen LogP contribution in [0.4, 0.5) is 29.3 Å². The number of benzene rings is 2. The number of azide groups is 1. The minimum absolute atomic E-state index is 0.0404. The van der Waals surface area contributed by atoms with Crippen LogP contribution < -0.4 is 9.64 Å². The van der Waals surface area contributed by atoms with E-state index in [-0.39, 0.29) is 24.5 Å². The number of aliphatic hydroxyl groups is 1. The van der Waals surface area contributed by atoms with E-state index < -0.39 is 41.6 Å². The summed E-state index contributed by atoms with van der Waals surface area (Å²) < 4.78 is 51.6. The Morgan fingerprint density at radius 1 is 1.14 bits per heavy atom. The average Bonchev–Trinajstić information content (AvgIpc) is 2.77. The average molecular weight is 505 g/mol. The van der Waals surface area contributed by atoms with Gasteiger partial charge in [-0.25, -0.2) is 4.79 Å². The minimum Gasteiger partial charge on any atom is -0.453 e. The fraction of sp³-hybridized carbons (Fsp3) is 0.458. The maximum atomic E-state index is 13.4. The fourth-order valence-electron chi connectivity index (χ4n) is 4.36. The molecule has 1 N–H and O–H groups in total. The zero-order valence-electron chi connectivity index (χ0n) is 20.2. The monoisotopic (exact) mass is 505 g/mol. The quantitative estimate of drug-likeness (QED) is 0.310. The van der Waals surface area contributed by atoms with Gasteiger partial charge in [-0.1, -0.05) is 11.2 Å². The van der Waals surface area contributed by atoms with E-state index in [1.165, 1.54) is 11.0 Å². The van der Waals surface area contributed by atoms with E-state index in [9.17, 15) is 23.1 Å². The van der Waals surface area contributed by atoms with Crippen molar-refractivity contribution in [2.45, 2.75) is 57.7 Å². The second-order valence-electron chi connectivity index (χ2n) is 9.84. The van der Waals surface area contributed by atoms with Crippen LogP contribution in [0.2, 0.25) is 0 Å². The number of fused-ring (bicyclic) bond motifs is 2. The summed E-state index contributed by atoms with van der Waals surface area (Å²) in [6.07, 6.45) is -6.50. The summed E-state index contributed by atoms with van der Waals surface area (Å²) in [6.45, 7) is 6.82. The van der Waals surface area contributed by atoms with Crippen LogP contribution in [0.15, 0.2) is 41.5 Å². The fourth-order valence-corrected chi connectivity index (χ4v) is 4.36. The third-order valence-electron chi connectivity index (χ3n) is 5.93. The minimum atomic E-state index is -4.58. The molecule has 9 nitrogen and oxygen atoms in total. The highest BCUT2D eigenvalue weighted by Crippen LogP contribution is 2.50. The molecule has 0 unspecified atom stereocenters. The summed E-state index contributed by atoms with van der Waals surface area (Å²) in [5.41, 5.74) is 8.97. The smallest absolute Gasteiger partial charge is 0.416 e. The Morgan fingerprint density at radius 3 is 2.39 bits per heavy atom. The molecule has 1 saturated heterocycles. The molecule has 4 rings (SSSR count). The number of aryl methyl sites for hydroxylation is 1. The van der Waals surface area contributed by atoms with Crippen molar-refractivity contribution in [3.8, 4) is 11.5 Å². The lowest BCUT2D eigenvalue weighted by atomic mass is 9.94. The molecule has 0 radical (unpaired) electrons. The molecule has 0 aromatic heterocycles. The molecule has 2 heterocycles. The number of carbonyl (C=O) groups is 1. The molecule has 0 bridgehead atoms. The van der Waals surface area contributed by atoms with Crippen molar-refractivity contribution >= 4 is 17.5 Å². The molecule has 0 aliphatic carbocycles. The third-order valence-corrected chi connectivity index (χ3v) is 5.93. The number of likely N-dealkylation sites (tertiary alicyclic amines) is 1. The first-order valence-corrected chi connectivity index (χ1v) is 11.3. The number of piperidine rings is 1. The maximum absolute atomic E-state index is 13.4. The lowest BCUT2D eigenvalue weighted by Crippen LogP contribution is -2.61. The van der Waals surface area contributed by atoms with Crippen LogP contribution in [0.5, 0.6) is 11.5 Å². The van der Waals surface area contributed by atoms with Gasteiger partial charge in [-0.15, -0.1) is 0 Å². The number of hydrogen-bond acceptors (Lipinski definition) is 6. The van der Waals surface area contributed by atoms with Crippen LogP contribution in [0.25, 0.3) is 10.4 Å². The second kappa shape index (κ2) is 9.11. The number of anilines is 2. The van der Waals surface area contributed by atoms with Crippen LogP contribution in [0.3, 0.4) is 0 Å². The molecule has 12 heteroatoms. The number of alkyl halides is 3. The standard InChI is InChI=1S/C24H26F3N5O4/c1-13-5-7-16-19(9-13)35-20-10-14(24(25,26)27)6-8-17(20)32(16)18-12-31(22(34)36-23(2,3)4)11-15(21(18)33)29-30-28/h5-10,15,18,21,33H,11-12H2,1-4H3/t15-,18+,21+/m1/s1. The second-order valence-corrected chi connectivity index (χ2v) is 9.84. The first-order valence-electron chi connectivity index (χ1n) is 11.3. The van der Waals surface area contributed by atoms with Crippen molar-refractivity contribution < 1.29 is 32.5 Å². The van der Waals surface area contributed by atoms with Gasteiger partial charge >= 0.3 is 12.3 Å². The molecule has 2 aromatic rings. The van der Waals surface area contributed by atoms with E-state index >= 15 is 0 Å². The van der Waals surface area contributed by atoms with Crippen molar-refractivity contribution in [1.82, 2.24) is 4.90 Å². The number of hydrogen-bond donors (Lipinski definition) is 1. The number of amides is 1. The number of halogens is 3. The zero-order valence-corrected chi connectivity index (χ0v) is 20.2. The van der Waals surface area contributed by atoms with Gasteiger partial charge in [0, 0.05) is 18.0 Å². The molecule has 0 spiro atoms. The van der Waals surface area contributed by atoms with Gasteiger partial charge in [0.25, 0.3) is 0 Å². The van der Waals surface area contributed by atoms with Crippen LogP contribution in [0.1, 0.15) is 31.9 Å². The highest BCUT2D eigenvalue weighted by atomic mass is 19.4. The van der Waals surface area contributed by atoms with Gasteiger partial charge in [0.1, 0.15) is 5.60 Å². The Morgan fingerprint density at radius 2 is 1.78 bits per heavy atom. The summed E-state index contributed by atoms with van der Waals surface area (Å²) in [7, 11) is 0. The predicted octanol–water partition coefficient (Wildman–Crippen LogP) is 5.92. The number of nitrogens with zero attached hydrogens (tertiary/aromatic N) is 5. The van der Waals surface area contributed by atoms with Crippen LogP contribution in [0, 0.1) is 6.92 Å². The van der Waals surface area contributed by atoms with Gasteiger partial charge in [0.2, 0.25) is 0 Å². The first-order chi connectivity index (χ1) is 16.8. The highest BCUT2D eigenvalue weighted by Gasteiger charge is 2.44. The lowest BCUT2D eigenvalue weighted by Gasteiger charge is -2.47. The number of carbonyl (C=O) groups excluding carboxylic acids is 1. The van der Waals surface area contributed by atoms with Gasteiger partial charge < -0.3 is 24.4 Å². The number of aliphatic hydroxyl groups excluding tert-OH is 1. The Kier molecular flexibility index (Phi) is 6.44. The Labute approximate surface area is 205 Å². The van der Waals surface area contributed by atoms with Crippen molar-refractivity contribution in [2.24, 2.45) is 5.11 Å². The summed E-state index contributed by atoms with van der Waals surface area (Å²) in [6, 6.07) is 6.40. The molecule has 1 fully saturated rings. The molecule has 0 saturated carbocycles. The van der Waals surface area contributed by atoms with Crippen molar-refractivity contribution in [3.05, 3.63) is 58.0 Å². The van der Waals surface area contributed by atoms with E-state index in [4.69, 9.17) is 15.0 Å². The molecule has 2 aliphatic rings. The SMILES string of the molecule is Cc1ccc2c(c1)Oc1cc(C(F)(F)F)ccc1N2[C@H]1CN(C(=O)OC(C)(C)C)C[C@@H](N=[N+]=[N-])[C@@H]1O. The molecular weight excluding hydrogens is 479 g/mol. The largest absolute Gasteiger partial charge is 0.453 e. The summed E-state index contributed by atoms with van der Waals surface area (Å²) in [4.78, 5) is 18.7. The van der Waals surface area contributed by atoms with Crippen LogP contribution in [-0.4, -0.2) is 53.0 Å². The van der Waals surface area contributed by atoms with Gasteiger partial charge in [-0.05, 0) is 69.1 Å². The van der Waals surface area contributed by atoms with Crippen LogP contribution >= 0.6 is 0 Å². The molecule has 3 atom stereocenters. The topological polar surface area (TPSA) is 111 Å². The van der Waals surface area contributed by atoms with Crippen molar-refractivity contribution in [1.29, 1.82) is 0 Å². The van der Waals surface area contributed by atoms with Gasteiger partial charge in [-0.2, -0.15) is 13.2 Å². The van der Waals surface area contributed by atoms with Gasteiger partial charge in [0.15, 0.2) is 11.5 Å². The van der Waals surface area contributed by atoms with E-state index in [2.05, 4.69) is 10.0 Å². The summed E-state index contributed by atoms with van der Waals surface area (Å²) in [5.74, 6) is 0.244. The first kappa shape index (κ1) is 25.5. The number of rotatable bonds is 2. The Hall–Kier alpha value is -3.63. The maximum Gasteiger partial charge on any atom is 0.416 e. The van der Waals surface area contributed by atoms with E-state index in [0.717, 1.165) is 17.7 Å². The zero-order chi connectivity index (χ0) is 26.4. The molecule has 36 heavy (non-hydrogen) atoms. The number of ether oxygens (including phenoxy) is 2. The van der Waals surface area contributed by atoms with E-state index in [0.29, 0.717) is 11.4 Å². The summed E-state index contributed by atoms with van der Waals surface area (Å²) in [5, 5.41) is 14.9. The van der Waals surface area contributed by atoms with Crippen molar-refractivity contribution in [3.63, 3.8) is 0 Å². The van der Waals surface area contributed by atoms with E-state index in [1.807, 2.05) is 6.92 Å². The molecule has 192 valence electrons. The molecular formula is C24H26F3N5O4. The van der Waals surface area contributed by atoms with Crippen molar-refractivity contribution in [2.75, 3.05) is 18.0 Å². The predicted molar refractivity (Wildman–Crippen MR) is 125 cm³/mol. The highest BCUT2D eigenvalue weighted by molar-refractivity contribution is 5.80. The third kappa shape index (κ3) is 5.00. The molecule has 2 aromatic carbocycles. The Bertz CT molecular complexity index is 1220. The van der Waals surface area contributed by atoms with Gasteiger partial charge in [-0.3, -0.25) is 0 Å². The van der Waals surface area contributed by atoms with Gasteiger partial charge in [0.05, 0.1) is 35.1 Å².